The van der Waals surface area contributed by atoms with Gasteiger partial charge in [-0.15, -0.1) is 0 Å². The number of carbonyl (C=O) groups is 1. The molecule has 0 unspecified atom stereocenters. The fourth-order valence-electron chi connectivity index (χ4n) is 3.16. The van der Waals surface area contributed by atoms with Gasteiger partial charge in [-0.3, -0.25) is 9.10 Å². The van der Waals surface area contributed by atoms with Crippen molar-refractivity contribution in [3.63, 3.8) is 0 Å². The Bertz CT molecular complexity index is 1230. The van der Waals surface area contributed by atoms with E-state index >= 15 is 0 Å². The second kappa shape index (κ2) is 10.7. The van der Waals surface area contributed by atoms with Gasteiger partial charge in [0.25, 0.3) is 10.0 Å². The number of sulfonamides is 1. The lowest BCUT2D eigenvalue weighted by Gasteiger charge is -2.26. The maximum atomic E-state index is 13.5. The Morgan fingerprint density at radius 1 is 1.06 bits per heavy atom. The quantitative estimate of drug-likeness (QED) is 0.448. The number of hydrogen-bond acceptors (Lipinski definition) is 5. The van der Waals surface area contributed by atoms with E-state index in [9.17, 15) is 13.2 Å². The molecule has 0 bridgehead atoms. The Hall–Kier alpha value is -3.78. The zero-order valence-electron chi connectivity index (χ0n) is 18.5. The Balaban J connectivity index is 1.95. The predicted octanol–water partition coefficient (Wildman–Crippen LogP) is 4.40. The van der Waals surface area contributed by atoms with Crippen LogP contribution >= 0.6 is 0 Å². The number of ether oxygens (including phenoxy) is 2. The van der Waals surface area contributed by atoms with Crippen molar-refractivity contribution in [2.75, 3.05) is 29.9 Å². The standard InChI is InChI=1S/C25H26N2O5S/c1-4-15-32-21-10-8-9-20(17-21)26-25(28)18-27(23-16-19(2)13-14-24(23)31-3)33(29,30)22-11-6-5-7-12-22/h4-14,16-17H,1,15,18H2,2-3H3,(H,26,28). The fraction of sp³-hybridized carbons (Fsp3) is 0.160. The van der Waals surface area contributed by atoms with Crippen LogP contribution in [-0.2, 0) is 14.8 Å². The minimum absolute atomic E-state index is 0.0705. The Morgan fingerprint density at radius 2 is 1.82 bits per heavy atom. The molecule has 1 N–H and O–H groups in total. The first-order chi connectivity index (χ1) is 15.8. The molecule has 0 atom stereocenters. The van der Waals surface area contributed by atoms with Crippen LogP contribution in [0.1, 0.15) is 5.56 Å². The highest BCUT2D eigenvalue weighted by molar-refractivity contribution is 7.92. The van der Waals surface area contributed by atoms with Crippen LogP contribution in [0.25, 0.3) is 0 Å². The number of aryl methyl sites for hydroxylation is 1. The van der Waals surface area contributed by atoms with E-state index < -0.39 is 22.5 Å². The molecule has 3 aromatic carbocycles. The molecule has 0 aromatic heterocycles. The lowest BCUT2D eigenvalue weighted by Crippen LogP contribution is -2.38. The van der Waals surface area contributed by atoms with Crippen molar-refractivity contribution in [3.05, 3.63) is 91.0 Å². The smallest absolute Gasteiger partial charge is 0.264 e. The molecule has 33 heavy (non-hydrogen) atoms. The van der Waals surface area contributed by atoms with E-state index in [0.29, 0.717) is 23.8 Å². The molecule has 0 aliphatic heterocycles. The number of methoxy groups -OCH3 is 1. The number of amides is 1. The highest BCUT2D eigenvalue weighted by atomic mass is 32.2. The predicted molar refractivity (Wildman–Crippen MR) is 129 cm³/mol. The van der Waals surface area contributed by atoms with Gasteiger partial charge in [0.2, 0.25) is 5.91 Å². The van der Waals surface area contributed by atoms with E-state index in [1.807, 2.05) is 13.0 Å². The van der Waals surface area contributed by atoms with Crippen molar-refractivity contribution in [2.45, 2.75) is 11.8 Å². The van der Waals surface area contributed by atoms with E-state index in [1.54, 1.807) is 60.7 Å². The summed E-state index contributed by atoms with van der Waals surface area (Å²) in [5, 5.41) is 2.74. The first-order valence-corrected chi connectivity index (χ1v) is 11.6. The van der Waals surface area contributed by atoms with Crippen LogP contribution < -0.4 is 19.1 Å². The van der Waals surface area contributed by atoms with Crippen LogP contribution in [0.15, 0.2) is 90.3 Å². The molecule has 3 aromatic rings. The summed E-state index contributed by atoms with van der Waals surface area (Å²) in [4.78, 5) is 13.0. The van der Waals surface area contributed by atoms with E-state index in [4.69, 9.17) is 9.47 Å². The average molecular weight is 467 g/mol. The molecule has 172 valence electrons. The molecule has 0 fully saturated rings. The van der Waals surface area contributed by atoms with Crippen molar-refractivity contribution in [3.8, 4) is 11.5 Å². The second-order valence-electron chi connectivity index (χ2n) is 7.18. The number of benzene rings is 3. The number of nitrogens with zero attached hydrogens (tertiary/aromatic N) is 1. The zero-order valence-corrected chi connectivity index (χ0v) is 19.3. The molecule has 0 saturated heterocycles. The van der Waals surface area contributed by atoms with Crippen molar-refractivity contribution in [2.24, 2.45) is 0 Å². The van der Waals surface area contributed by atoms with Crippen LogP contribution in [0.5, 0.6) is 11.5 Å². The third-order valence-corrected chi connectivity index (χ3v) is 6.48. The van der Waals surface area contributed by atoms with Gasteiger partial charge in [-0.05, 0) is 48.9 Å². The van der Waals surface area contributed by atoms with Gasteiger partial charge in [-0.2, -0.15) is 0 Å². The van der Waals surface area contributed by atoms with Gasteiger partial charge in [0.15, 0.2) is 0 Å². The van der Waals surface area contributed by atoms with Crippen LogP contribution in [0.2, 0.25) is 0 Å². The van der Waals surface area contributed by atoms with E-state index in [1.165, 1.54) is 19.2 Å². The summed E-state index contributed by atoms with van der Waals surface area (Å²) in [6, 6.07) is 20.0. The summed E-state index contributed by atoms with van der Waals surface area (Å²) < 4.78 is 39.0. The van der Waals surface area contributed by atoms with Gasteiger partial charge in [0.1, 0.15) is 24.7 Å². The molecule has 8 heteroatoms. The number of rotatable bonds is 10. The van der Waals surface area contributed by atoms with E-state index in [0.717, 1.165) is 9.87 Å². The van der Waals surface area contributed by atoms with Crippen molar-refractivity contribution in [1.29, 1.82) is 0 Å². The van der Waals surface area contributed by atoms with E-state index in [-0.39, 0.29) is 10.6 Å². The van der Waals surface area contributed by atoms with Crippen LogP contribution in [0, 0.1) is 6.92 Å². The first kappa shape index (κ1) is 23.9. The summed E-state index contributed by atoms with van der Waals surface area (Å²) in [6.07, 6.45) is 1.62. The van der Waals surface area contributed by atoms with Gasteiger partial charge in [-0.25, -0.2) is 8.42 Å². The van der Waals surface area contributed by atoms with Crippen LogP contribution in [0.3, 0.4) is 0 Å². The molecule has 3 rings (SSSR count). The third-order valence-electron chi connectivity index (χ3n) is 4.71. The molecule has 0 aliphatic rings. The first-order valence-electron chi connectivity index (χ1n) is 10.2. The Morgan fingerprint density at radius 3 is 2.52 bits per heavy atom. The highest BCUT2D eigenvalue weighted by Gasteiger charge is 2.29. The maximum absolute atomic E-state index is 13.5. The van der Waals surface area contributed by atoms with E-state index in [2.05, 4.69) is 11.9 Å². The molecule has 1 amide bonds. The number of carbonyl (C=O) groups excluding carboxylic acids is 1. The SMILES string of the molecule is C=CCOc1cccc(NC(=O)CN(c2cc(C)ccc2OC)S(=O)(=O)c2ccccc2)c1. The highest BCUT2D eigenvalue weighted by Crippen LogP contribution is 2.33. The number of hydrogen-bond donors (Lipinski definition) is 1. The topological polar surface area (TPSA) is 84.9 Å². The second-order valence-corrected chi connectivity index (χ2v) is 9.04. The molecule has 0 radical (unpaired) electrons. The molecular formula is C25H26N2O5S. The lowest BCUT2D eigenvalue weighted by atomic mass is 10.2. The van der Waals surface area contributed by atoms with Crippen LogP contribution in [-0.4, -0.2) is 34.6 Å². The van der Waals surface area contributed by atoms with Crippen molar-refractivity contribution in [1.82, 2.24) is 0 Å². The zero-order chi connectivity index (χ0) is 23.8. The fourth-order valence-corrected chi connectivity index (χ4v) is 4.61. The molecule has 0 heterocycles. The third kappa shape index (κ3) is 5.93. The molecule has 7 nitrogen and oxygen atoms in total. The van der Waals surface area contributed by atoms with Gasteiger partial charge < -0.3 is 14.8 Å². The van der Waals surface area contributed by atoms with Gasteiger partial charge in [0, 0.05) is 11.8 Å². The number of nitrogens with one attached hydrogen (secondary N) is 1. The Kier molecular flexibility index (Phi) is 7.74. The van der Waals surface area contributed by atoms with Gasteiger partial charge in [-0.1, -0.05) is 43.0 Å². The average Bonchev–Trinajstić information content (AvgIpc) is 2.82. The monoisotopic (exact) mass is 466 g/mol. The van der Waals surface area contributed by atoms with Crippen LogP contribution in [0.4, 0.5) is 11.4 Å². The largest absolute Gasteiger partial charge is 0.495 e. The molecule has 0 aliphatic carbocycles. The summed E-state index contributed by atoms with van der Waals surface area (Å²) in [5.41, 5.74) is 1.58. The summed E-state index contributed by atoms with van der Waals surface area (Å²) in [7, 11) is -2.60. The molecule has 0 saturated carbocycles. The van der Waals surface area contributed by atoms with Crippen molar-refractivity contribution >= 4 is 27.3 Å². The lowest BCUT2D eigenvalue weighted by molar-refractivity contribution is -0.114. The summed E-state index contributed by atoms with van der Waals surface area (Å²) >= 11 is 0. The van der Waals surface area contributed by atoms with Gasteiger partial charge >= 0.3 is 0 Å². The minimum Gasteiger partial charge on any atom is -0.495 e. The minimum atomic E-state index is -4.05. The van der Waals surface area contributed by atoms with Gasteiger partial charge in [0.05, 0.1) is 17.7 Å². The maximum Gasteiger partial charge on any atom is 0.264 e. The van der Waals surface area contributed by atoms with Crippen molar-refractivity contribution < 1.29 is 22.7 Å². The summed E-state index contributed by atoms with van der Waals surface area (Å²) in [6.45, 7) is 5.32. The number of anilines is 2. The summed E-state index contributed by atoms with van der Waals surface area (Å²) in [5.74, 6) is 0.383. The molecule has 0 spiro atoms. The normalized spacial score (nSPS) is 10.8. The Labute approximate surface area is 194 Å². The molecular weight excluding hydrogens is 440 g/mol.